The van der Waals surface area contributed by atoms with Crippen molar-refractivity contribution in [1.29, 1.82) is 0 Å². The van der Waals surface area contributed by atoms with Gasteiger partial charge in [-0.15, -0.1) is 0 Å². The number of hydrogen-bond acceptors (Lipinski definition) is 6. The van der Waals surface area contributed by atoms with E-state index in [9.17, 15) is 24.0 Å². The van der Waals surface area contributed by atoms with Crippen LogP contribution in [0.25, 0.3) is 0 Å². The van der Waals surface area contributed by atoms with Crippen molar-refractivity contribution in [1.82, 2.24) is 26.6 Å². The quantitative estimate of drug-likeness (QED) is 0.269. The summed E-state index contributed by atoms with van der Waals surface area (Å²) in [7, 11) is 1.60. The van der Waals surface area contributed by atoms with Gasteiger partial charge in [0.25, 0.3) is 0 Å². The zero-order chi connectivity index (χ0) is 21.6. The van der Waals surface area contributed by atoms with Crippen LogP contribution in [0.15, 0.2) is 30.3 Å². The van der Waals surface area contributed by atoms with Crippen LogP contribution in [0.3, 0.4) is 0 Å². The highest BCUT2D eigenvalue weighted by Crippen LogP contribution is 2.03. The molecule has 0 saturated heterocycles. The van der Waals surface area contributed by atoms with Gasteiger partial charge in [-0.1, -0.05) is 30.3 Å². The van der Waals surface area contributed by atoms with E-state index in [1.807, 2.05) is 30.3 Å². The van der Waals surface area contributed by atoms with Gasteiger partial charge in [-0.05, 0) is 19.5 Å². The van der Waals surface area contributed by atoms with Gasteiger partial charge >= 0.3 is 0 Å². The van der Waals surface area contributed by atoms with E-state index >= 15 is 0 Å². The monoisotopic (exact) mass is 405 g/mol. The van der Waals surface area contributed by atoms with Crippen LogP contribution in [0.4, 0.5) is 0 Å². The van der Waals surface area contributed by atoms with Crippen LogP contribution in [-0.4, -0.2) is 68.7 Å². The lowest BCUT2D eigenvalue weighted by Crippen LogP contribution is -2.51. The third-order valence-corrected chi connectivity index (χ3v) is 3.68. The van der Waals surface area contributed by atoms with Crippen molar-refractivity contribution in [3.8, 4) is 0 Å². The molecule has 1 atom stereocenters. The number of amides is 4. The second-order valence-corrected chi connectivity index (χ2v) is 6.31. The van der Waals surface area contributed by atoms with Crippen LogP contribution < -0.4 is 26.6 Å². The Morgan fingerprint density at radius 2 is 1.38 bits per heavy atom. The zero-order valence-electron chi connectivity index (χ0n) is 16.5. The van der Waals surface area contributed by atoms with E-state index in [0.717, 1.165) is 5.56 Å². The average molecular weight is 405 g/mol. The summed E-state index contributed by atoms with van der Waals surface area (Å²) in [5.41, 5.74) is 0.826. The van der Waals surface area contributed by atoms with Crippen molar-refractivity contribution in [2.45, 2.75) is 19.4 Å². The van der Waals surface area contributed by atoms with E-state index in [4.69, 9.17) is 0 Å². The standard InChI is InChI=1S/C19H27N5O5/c1-13(25)9-23-19(29)15(8-14-6-4-3-5-7-14)24-18(28)12-22-17(27)11-21-16(26)10-20-2/h3-7,15,20H,8-12H2,1-2H3,(H,21,26)(H,22,27)(H,23,29)(H,24,28)/t15-/m0/s1. The number of rotatable bonds is 12. The van der Waals surface area contributed by atoms with Crippen molar-refractivity contribution in [2.24, 2.45) is 0 Å². The van der Waals surface area contributed by atoms with E-state index in [1.165, 1.54) is 6.92 Å². The number of benzene rings is 1. The summed E-state index contributed by atoms with van der Waals surface area (Å²) in [6.45, 7) is 0.662. The van der Waals surface area contributed by atoms with Crippen LogP contribution in [0.2, 0.25) is 0 Å². The van der Waals surface area contributed by atoms with E-state index in [1.54, 1.807) is 7.05 Å². The van der Waals surface area contributed by atoms with Crippen LogP contribution in [0.1, 0.15) is 12.5 Å². The molecular weight excluding hydrogens is 378 g/mol. The smallest absolute Gasteiger partial charge is 0.243 e. The molecule has 10 nitrogen and oxygen atoms in total. The van der Waals surface area contributed by atoms with Gasteiger partial charge in [0.1, 0.15) is 11.8 Å². The Hall–Kier alpha value is -3.27. The Morgan fingerprint density at radius 1 is 0.793 bits per heavy atom. The molecule has 1 aromatic carbocycles. The molecule has 0 spiro atoms. The normalized spacial score (nSPS) is 11.1. The molecule has 0 aliphatic rings. The molecule has 0 radical (unpaired) electrons. The minimum absolute atomic E-state index is 0.0737. The molecule has 5 N–H and O–H groups in total. The largest absolute Gasteiger partial charge is 0.347 e. The fourth-order valence-electron chi connectivity index (χ4n) is 2.28. The number of ketones is 1. The summed E-state index contributed by atoms with van der Waals surface area (Å²) in [6, 6.07) is 8.17. The van der Waals surface area contributed by atoms with Gasteiger partial charge in [0.15, 0.2) is 0 Å². The third kappa shape index (κ3) is 10.6. The molecule has 0 heterocycles. The molecular formula is C19H27N5O5. The van der Waals surface area contributed by atoms with Crippen molar-refractivity contribution < 1.29 is 24.0 Å². The minimum Gasteiger partial charge on any atom is -0.347 e. The topological polar surface area (TPSA) is 146 Å². The first-order valence-electron chi connectivity index (χ1n) is 9.10. The Bertz CT molecular complexity index is 723. The van der Waals surface area contributed by atoms with Gasteiger partial charge in [0.2, 0.25) is 23.6 Å². The maximum absolute atomic E-state index is 12.3. The molecule has 0 aliphatic carbocycles. The lowest BCUT2D eigenvalue weighted by atomic mass is 10.1. The Kier molecular flexibility index (Phi) is 10.7. The summed E-state index contributed by atoms with van der Waals surface area (Å²) in [5.74, 6) is -2.17. The van der Waals surface area contributed by atoms with Gasteiger partial charge < -0.3 is 26.6 Å². The van der Waals surface area contributed by atoms with Gasteiger partial charge in [0.05, 0.1) is 26.2 Å². The molecule has 29 heavy (non-hydrogen) atoms. The summed E-state index contributed by atoms with van der Waals surface area (Å²) in [4.78, 5) is 58.6. The summed E-state index contributed by atoms with van der Waals surface area (Å²) >= 11 is 0. The number of likely N-dealkylation sites (N-methyl/N-ethyl adjacent to an activating group) is 1. The summed E-state index contributed by atoms with van der Waals surface area (Å²) in [6.07, 6.45) is 0.227. The number of nitrogens with one attached hydrogen (secondary N) is 5. The molecule has 0 saturated carbocycles. The van der Waals surface area contributed by atoms with E-state index in [0.29, 0.717) is 0 Å². The van der Waals surface area contributed by atoms with E-state index in [2.05, 4.69) is 26.6 Å². The highest BCUT2D eigenvalue weighted by Gasteiger charge is 2.21. The Balaban J connectivity index is 2.56. The van der Waals surface area contributed by atoms with Crippen molar-refractivity contribution in [3.05, 3.63) is 35.9 Å². The predicted molar refractivity (Wildman–Crippen MR) is 106 cm³/mol. The lowest BCUT2D eigenvalue weighted by molar-refractivity contribution is -0.130. The minimum atomic E-state index is -0.906. The SMILES string of the molecule is CNCC(=O)NCC(=O)NCC(=O)N[C@@H](Cc1ccccc1)C(=O)NCC(C)=O. The average Bonchev–Trinajstić information content (AvgIpc) is 2.69. The molecule has 4 amide bonds. The van der Waals surface area contributed by atoms with Crippen LogP contribution in [-0.2, 0) is 30.4 Å². The molecule has 0 aliphatic heterocycles. The van der Waals surface area contributed by atoms with Crippen molar-refractivity contribution in [3.63, 3.8) is 0 Å². The lowest BCUT2D eigenvalue weighted by Gasteiger charge is -2.18. The Morgan fingerprint density at radius 3 is 1.97 bits per heavy atom. The van der Waals surface area contributed by atoms with Crippen molar-refractivity contribution in [2.75, 3.05) is 33.2 Å². The third-order valence-electron chi connectivity index (χ3n) is 3.68. The van der Waals surface area contributed by atoms with Crippen LogP contribution >= 0.6 is 0 Å². The molecule has 158 valence electrons. The molecule has 0 aromatic heterocycles. The van der Waals surface area contributed by atoms with Gasteiger partial charge in [-0.3, -0.25) is 24.0 Å². The summed E-state index contributed by atoms with van der Waals surface area (Å²) < 4.78 is 0. The second-order valence-electron chi connectivity index (χ2n) is 6.31. The molecule has 1 rings (SSSR count). The fraction of sp³-hybridized carbons (Fsp3) is 0.421. The summed E-state index contributed by atoms with van der Waals surface area (Å²) in [5, 5.41) is 12.4. The maximum atomic E-state index is 12.3. The fourth-order valence-corrected chi connectivity index (χ4v) is 2.28. The highest BCUT2D eigenvalue weighted by atomic mass is 16.2. The van der Waals surface area contributed by atoms with Gasteiger partial charge in [0, 0.05) is 6.42 Å². The molecule has 0 unspecified atom stereocenters. The number of carbonyl (C=O) groups excluding carboxylic acids is 5. The Labute approximate surface area is 169 Å². The first-order valence-corrected chi connectivity index (χ1v) is 9.10. The first-order chi connectivity index (χ1) is 13.8. The molecule has 0 fully saturated rings. The number of hydrogen-bond donors (Lipinski definition) is 5. The molecule has 0 bridgehead atoms. The number of carbonyl (C=O) groups is 5. The number of Topliss-reactive ketones (excluding diaryl/α,β-unsaturated/α-hetero) is 1. The zero-order valence-corrected chi connectivity index (χ0v) is 16.5. The maximum Gasteiger partial charge on any atom is 0.243 e. The molecule has 10 heteroatoms. The first kappa shape index (κ1) is 23.8. The predicted octanol–water partition coefficient (Wildman–Crippen LogP) is -2.13. The van der Waals surface area contributed by atoms with E-state index < -0.39 is 23.8 Å². The van der Waals surface area contributed by atoms with Gasteiger partial charge in [-0.25, -0.2) is 0 Å². The van der Waals surface area contributed by atoms with E-state index in [-0.39, 0.29) is 44.3 Å². The van der Waals surface area contributed by atoms with Crippen molar-refractivity contribution >= 4 is 29.4 Å². The molecule has 1 aromatic rings. The van der Waals surface area contributed by atoms with Gasteiger partial charge in [-0.2, -0.15) is 0 Å². The second kappa shape index (κ2) is 13.0. The highest BCUT2D eigenvalue weighted by molar-refractivity contribution is 5.92. The van der Waals surface area contributed by atoms with Crippen LogP contribution in [0, 0.1) is 0 Å². The van der Waals surface area contributed by atoms with Crippen LogP contribution in [0.5, 0.6) is 0 Å².